The summed E-state index contributed by atoms with van der Waals surface area (Å²) in [6, 6.07) is 5.86. The van der Waals surface area contributed by atoms with Crippen molar-refractivity contribution < 1.29 is 13.9 Å². The Balaban J connectivity index is 1.61. The SMILES string of the molecule is FCCOc1cc2c(cn1)CN=C2c1ccnc(N2CCOCC2)c1. The molecule has 4 heterocycles. The topological polar surface area (TPSA) is 59.8 Å². The van der Waals surface area contributed by atoms with Crippen molar-refractivity contribution in [3.63, 3.8) is 0 Å². The van der Waals surface area contributed by atoms with Crippen molar-refractivity contribution in [1.29, 1.82) is 0 Å². The van der Waals surface area contributed by atoms with Gasteiger partial charge in [-0.05, 0) is 12.1 Å². The molecule has 2 aliphatic rings. The number of aromatic nitrogens is 2. The fourth-order valence-electron chi connectivity index (χ4n) is 3.06. The Morgan fingerprint density at radius 3 is 2.92 bits per heavy atom. The summed E-state index contributed by atoms with van der Waals surface area (Å²) in [6.45, 7) is 3.18. The predicted octanol–water partition coefficient (Wildman–Crippen LogP) is 2.01. The molecule has 130 valence electrons. The third-order valence-corrected chi connectivity index (χ3v) is 4.31. The normalized spacial score (nSPS) is 16.5. The van der Waals surface area contributed by atoms with Crippen molar-refractivity contribution in [2.75, 3.05) is 44.5 Å². The molecule has 0 amide bonds. The van der Waals surface area contributed by atoms with Crippen LogP contribution in [0, 0.1) is 0 Å². The van der Waals surface area contributed by atoms with Crippen molar-refractivity contribution in [1.82, 2.24) is 9.97 Å². The van der Waals surface area contributed by atoms with Gasteiger partial charge in [-0.3, -0.25) is 4.99 Å². The Kier molecular flexibility index (Phi) is 4.56. The van der Waals surface area contributed by atoms with Crippen LogP contribution in [0.15, 0.2) is 35.6 Å². The summed E-state index contributed by atoms with van der Waals surface area (Å²) in [5.41, 5.74) is 3.95. The van der Waals surface area contributed by atoms with Crippen LogP contribution in [0.5, 0.6) is 5.88 Å². The first-order chi connectivity index (χ1) is 12.3. The fraction of sp³-hybridized carbons (Fsp3) is 0.389. The molecular formula is C18H19FN4O2. The number of aliphatic imine (C=N–C) groups is 1. The van der Waals surface area contributed by atoms with E-state index in [1.54, 1.807) is 6.20 Å². The standard InChI is InChI=1S/C18H19FN4O2/c19-2-6-25-17-10-15-14(11-21-17)12-22-18(15)13-1-3-20-16(9-13)23-4-7-24-8-5-23/h1,3,9-11H,2,4-8,12H2. The Bertz CT molecular complexity index is 790. The van der Waals surface area contributed by atoms with Gasteiger partial charge in [0, 0.05) is 48.2 Å². The van der Waals surface area contributed by atoms with Crippen LogP contribution in [0.2, 0.25) is 0 Å². The van der Waals surface area contributed by atoms with E-state index < -0.39 is 6.67 Å². The number of fused-ring (bicyclic) bond motifs is 1. The monoisotopic (exact) mass is 342 g/mol. The molecule has 1 fully saturated rings. The molecule has 0 aliphatic carbocycles. The van der Waals surface area contributed by atoms with Crippen LogP contribution in [-0.2, 0) is 11.3 Å². The lowest BCUT2D eigenvalue weighted by Crippen LogP contribution is -2.36. The minimum Gasteiger partial charge on any atom is -0.475 e. The van der Waals surface area contributed by atoms with Gasteiger partial charge in [-0.2, -0.15) is 0 Å². The molecule has 0 unspecified atom stereocenters. The number of nitrogens with zero attached hydrogens (tertiary/aromatic N) is 4. The Morgan fingerprint density at radius 2 is 2.08 bits per heavy atom. The molecule has 6 nitrogen and oxygen atoms in total. The van der Waals surface area contributed by atoms with Gasteiger partial charge in [0.2, 0.25) is 5.88 Å². The van der Waals surface area contributed by atoms with Gasteiger partial charge in [0.25, 0.3) is 0 Å². The smallest absolute Gasteiger partial charge is 0.213 e. The number of halogens is 1. The lowest BCUT2D eigenvalue weighted by Gasteiger charge is -2.28. The van der Waals surface area contributed by atoms with Gasteiger partial charge in [0.05, 0.1) is 25.5 Å². The van der Waals surface area contributed by atoms with Crippen LogP contribution in [0.3, 0.4) is 0 Å². The van der Waals surface area contributed by atoms with E-state index in [1.807, 2.05) is 18.3 Å². The van der Waals surface area contributed by atoms with Crippen molar-refractivity contribution in [2.45, 2.75) is 6.54 Å². The number of pyridine rings is 2. The van der Waals surface area contributed by atoms with Crippen LogP contribution in [0.4, 0.5) is 10.2 Å². The predicted molar refractivity (Wildman–Crippen MR) is 92.3 cm³/mol. The molecule has 0 bridgehead atoms. The summed E-state index contributed by atoms with van der Waals surface area (Å²) < 4.78 is 23.0. The van der Waals surface area contributed by atoms with E-state index in [0.29, 0.717) is 12.4 Å². The molecule has 2 aliphatic heterocycles. The van der Waals surface area contributed by atoms with Crippen LogP contribution in [-0.4, -0.2) is 55.3 Å². The average Bonchev–Trinajstić information content (AvgIpc) is 3.10. The van der Waals surface area contributed by atoms with Crippen molar-refractivity contribution in [3.8, 4) is 5.88 Å². The van der Waals surface area contributed by atoms with Gasteiger partial charge in [0.1, 0.15) is 19.1 Å². The number of anilines is 1. The molecule has 0 aromatic carbocycles. The number of hydrogen-bond acceptors (Lipinski definition) is 6. The summed E-state index contributed by atoms with van der Waals surface area (Å²) >= 11 is 0. The van der Waals surface area contributed by atoms with Crippen LogP contribution < -0.4 is 9.64 Å². The van der Waals surface area contributed by atoms with Gasteiger partial charge < -0.3 is 14.4 Å². The molecule has 0 N–H and O–H groups in total. The highest BCUT2D eigenvalue weighted by Gasteiger charge is 2.21. The number of alkyl halides is 1. The largest absolute Gasteiger partial charge is 0.475 e. The third-order valence-electron chi connectivity index (χ3n) is 4.31. The number of rotatable bonds is 5. The zero-order chi connectivity index (χ0) is 17.1. The molecule has 2 aromatic rings. The van der Waals surface area contributed by atoms with Crippen LogP contribution >= 0.6 is 0 Å². The molecule has 0 radical (unpaired) electrons. The van der Waals surface area contributed by atoms with Gasteiger partial charge in [-0.25, -0.2) is 14.4 Å². The summed E-state index contributed by atoms with van der Waals surface area (Å²) in [7, 11) is 0. The summed E-state index contributed by atoms with van der Waals surface area (Å²) in [4.78, 5) is 15.6. The molecule has 0 spiro atoms. The maximum absolute atomic E-state index is 12.3. The molecule has 7 heteroatoms. The number of hydrogen-bond donors (Lipinski definition) is 0. The van der Waals surface area contributed by atoms with Gasteiger partial charge >= 0.3 is 0 Å². The maximum Gasteiger partial charge on any atom is 0.213 e. The summed E-state index contributed by atoms with van der Waals surface area (Å²) in [5.74, 6) is 1.35. The lowest BCUT2D eigenvalue weighted by atomic mass is 10.0. The average molecular weight is 342 g/mol. The summed E-state index contributed by atoms with van der Waals surface area (Å²) in [6.07, 6.45) is 3.56. The Morgan fingerprint density at radius 1 is 1.20 bits per heavy atom. The molecule has 2 aromatic heterocycles. The molecule has 0 saturated carbocycles. The molecule has 4 rings (SSSR count). The third kappa shape index (κ3) is 3.32. The second-order valence-electron chi connectivity index (χ2n) is 5.88. The van der Waals surface area contributed by atoms with Crippen LogP contribution in [0.1, 0.15) is 16.7 Å². The Hall–Kier alpha value is -2.54. The molecular weight excluding hydrogens is 323 g/mol. The van der Waals surface area contributed by atoms with Crippen molar-refractivity contribution >= 4 is 11.5 Å². The van der Waals surface area contributed by atoms with E-state index >= 15 is 0 Å². The highest BCUT2D eigenvalue weighted by Crippen LogP contribution is 2.26. The van der Waals surface area contributed by atoms with Crippen molar-refractivity contribution in [3.05, 3.63) is 47.3 Å². The first-order valence-electron chi connectivity index (χ1n) is 8.37. The van der Waals surface area contributed by atoms with E-state index in [4.69, 9.17) is 9.47 Å². The number of ether oxygens (including phenoxy) is 2. The zero-order valence-corrected chi connectivity index (χ0v) is 13.8. The van der Waals surface area contributed by atoms with Gasteiger partial charge in [0.15, 0.2) is 0 Å². The highest BCUT2D eigenvalue weighted by molar-refractivity contribution is 6.15. The van der Waals surface area contributed by atoms with Crippen LogP contribution in [0.25, 0.3) is 0 Å². The van der Waals surface area contributed by atoms with E-state index in [9.17, 15) is 4.39 Å². The minimum atomic E-state index is -0.535. The second-order valence-corrected chi connectivity index (χ2v) is 5.88. The lowest BCUT2D eigenvalue weighted by molar-refractivity contribution is 0.122. The number of morpholine rings is 1. The van der Waals surface area contributed by atoms with Gasteiger partial charge in [-0.1, -0.05) is 0 Å². The summed E-state index contributed by atoms with van der Waals surface area (Å²) in [5, 5.41) is 0. The van der Waals surface area contributed by atoms with Crippen molar-refractivity contribution in [2.24, 2.45) is 4.99 Å². The fourth-order valence-corrected chi connectivity index (χ4v) is 3.06. The van der Waals surface area contributed by atoms with Gasteiger partial charge in [-0.15, -0.1) is 0 Å². The van der Waals surface area contributed by atoms with E-state index in [-0.39, 0.29) is 6.61 Å². The second kappa shape index (κ2) is 7.14. The van der Waals surface area contributed by atoms with E-state index in [2.05, 4.69) is 25.9 Å². The highest BCUT2D eigenvalue weighted by atomic mass is 19.1. The first kappa shape index (κ1) is 16.0. The molecule has 0 atom stereocenters. The zero-order valence-electron chi connectivity index (χ0n) is 13.8. The molecule has 1 saturated heterocycles. The maximum atomic E-state index is 12.3. The Labute approximate surface area is 145 Å². The quantitative estimate of drug-likeness (QED) is 0.832. The minimum absolute atomic E-state index is 0.00863. The first-order valence-corrected chi connectivity index (χ1v) is 8.37. The van der Waals surface area contributed by atoms with E-state index in [1.165, 1.54) is 0 Å². The molecule has 25 heavy (non-hydrogen) atoms. The van der Waals surface area contributed by atoms with E-state index in [0.717, 1.165) is 54.5 Å².